The molecule has 0 aromatic heterocycles. The second-order valence-electron chi connectivity index (χ2n) is 5.56. The molecule has 2 saturated heterocycles. The molecular weight excluding hydrogens is 267 g/mol. The highest BCUT2D eigenvalue weighted by molar-refractivity contribution is 5.20. The Hall–Kier alpha value is -1.05. The van der Waals surface area contributed by atoms with Crippen molar-refractivity contribution in [3.05, 3.63) is 35.6 Å². The molecule has 0 bridgehead atoms. The zero-order chi connectivity index (χ0) is 14.5. The van der Waals surface area contributed by atoms with Crippen LogP contribution in [0.2, 0.25) is 0 Å². The molecule has 6 heteroatoms. The SMILES string of the molecule is CC1(C)O[C@H]2O[C@H]([C@@H](O)c3ccc(F)cc3)[C@H](O)[C@H]2O1. The molecule has 2 N–H and O–H groups in total. The number of aliphatic hydroxyl groups is 2. The average molecular weight is 284 g/mol. The van der Waals surface area contributed by atoms with Gasteiger partial charge in [0.1, 0.15) is 30.2 Å². The van der Waals surface area contributed by atoms with Crippen molar-refractivity contribution in [3.8, 4) is 0 Å². The number of fused-ring (bicyclic) bond motifs is 1. The lowest BCUT2D eigenvalue weighted by Gasteiger charge is -2.26. The molecule has 20 heavy (non-hydrogen) atoms. The van der Waals surface area contributed by atoms with Crippen LogP contribution < -0.4 is 0 Å². The smallest absolute Gasteiger partial charge is 0.190 e. The third kappa shape index (κ3) is 2.34. The van der Waals surface area contributed by atoms with Crippen LogP contribution >= 0.6 is 0 Å². The lowest BCUT2D eigenvalue weighted by molar-refractivity contribution is -0.226. The van der Waals surface area contributed by atoms with Crippen LogP contribution in [0.5, 0.6) is 0 Å². The number of benzene rings is 1. The molecule has 5 atom stereocenters. The van der Waals surface area contributed by atoms with Crippen molar-refractivity contribution in [1.29, 1.82) is 0 Å². The summed E-state index contributed by atoms with van der Waals surface area (Å²) in [6.45, 7) is 3.46. The minimum absolute atomic E-state index is 0.390. The summed E-state index contributed by atoms with van der Waals surface area (Å²) in [7, 11) is 0. The number of rotatable bonds is 2. The maximum absolute atomic E-state index is 12.9. The molecule has 0 amide bonds. The first-order valence-electron chi connectivity index (χ1n) is 6.50. The Morgan fingerprint density at radius 2 is 1.85 bits per heavy atom. The fourth-order valence-corrected chi connectivity index (χ4v) is 2.63. The molecule has 2 fully saturated rings. The van der Waals surface area contributed by atoms with Gasteiger partial charge < -0.3 is 24.4 Å². The summed E-state index contributed by atoms with van der Waals surface area (Å²) in [4.78, 5) is 0. The third-order valence-corrected chi connectivity index (χ3v) is 3.58. The first-order valence-corrected chi connectivity index (χ1v) is 6.50. The van der Waals surface area contributed by atoms with E-state index >= 15 is 0 Å². The minimum atomic E-state index is -1.08. The molecule has 0 radical (unpaired) electrons. The summed E-state index contributed by atoms with van der Waals surface area (Å²) >= 11 is 0. The highest BCUT2D eigenvalue weighted by atomic mass is 19.1. The highest BCUT2D eigenvalue weighted by Crippen LogP contribution is 2.40. The molecule has 2 aliphatic heterocycles. The Bertz CT molecular complexity index is 489. The molecule has 0 unspecified atom stereocenters. The fourth-order valence-electron chi connectivity index (χ4n) is 2.63. The van der Waals surface area contributed by atoms with Gasteiger partial charge >= 0.3 is 0 Å². The van der Waals surface area contributed by atoms with Crippen molar-refractivity contribution in [3.63, 3.8) is 0 Å². The van der Waals surface area contributed by atoms with Crippen molar-refractivity contribution in [1.82, 2.24) is 0 Å². The normalized spacial score (nSPS) is 36.9. The van der Waals surface area contributed by atoms with E-state index in [-0.39, 0.29) is 5.82 Å². The molecule has 5 nitrogen and oxygen atoms in total. The summed E-state index contributed by atoms with van der Waals surface area (Å²) in [5, 5.41) is 20.5. The Balaban J connectivity index is 1.75. The number of hydrogen-bond acceptors (Lipinski definition) is 5. The Morgan fingerprint density at radius 1 is 1.20 bits per heavy atom. The van der Waals surface area contributed by atoms with Gasteiger partial charge in [-0.15, -0.1) is 0 Å². The Kier molecular flexibility index (Phi) is 3.30. The highest BCUT2D eigenvalue weighted by Gasteiger charge is 2.56. The second kappa shape index (κ2) is 4.75. The molecule has 1 aromatic carbocycles. The molecule has 3 rings (SSSR count). The fraction of sp³-hybridized carbons (Fsp3) is 0.571. The van der Waals surface area contributed by atoms with E-state index in [1.807, 2.05) is 0 Å². The first kappa shape index (κ1) is 13.9. The van der Waals surface area contributed by atoms with Crippen LogP contribution in [-0.4, -0.2) is 40.6 Å². The van der Waals surface area contributed by atoms with E-state index < -0.39 is 36.5 Å². The van der Waals surface area contributed by atoms with Crippen molar-refractivity contribution in [2.24, 2.45) is 0 Å². The van der Waals surface area contributed by atoms with Crippen molar-refractivity contribution >= 4 is 0 Å². The van der Waals surface area contributed by atoms with Gasteiger partial charge in [-0.1, -0.05) is 12.1 Å². The standard InChI is InChI=1S/C14H17FO5/c1-14(2)19-12-10(17)11(18-13(12)20-14)9(16)7-3-5-8(15)6-4-7/h3-6,9-13,16-17H,1-2H3/t9-,10-,11+,12+,13+/m0/s1. The zero-order valence-electron chi connectivity index (χ0n) is 11.2. The van der Waals surface area contributed by atoms with Crippen LogP contribution in [-0.2, 0) is 14.2 Å². The van der Waals surface area contributed by atoms with Crippen molar-refractivity contribution < 1.29 is 28.8 Å². The van der Waals surface area contributed by atoms with Gasteiger partial charge in [0.2, 0.25) is 0 Å². The van der Waals surface area contributed by atoms with Crippen LogP contribution in [0, 0.1) is 5.82 Å². The van der Waals surface area contributed by atoms with E-state index in [1.165, 1.54) is 24.3 Å². The van der Waals surface area contributed by atoms with Crippen LogP contribution in [0.15, 0.2) is 24.3 Å². The summed E-state index contributed by atoms with van der Waals surface area (Å²) in [5.41, 5.74) is 0.467. The number of ether oxygens (including phenoxy) is 3. The van der Waals surface area contributed by atoms with Crippen molar-refractivity contribution in [2.75, 3.05) is 0 Å². The summed E-state index contributed by atoms with van der Waals surface area (Å²) < 4.78 is 29.5. The zero-order valence-corrected chi connectivity index (χ0v) is 11.2. The van der Waals surface area contributed by atoms with E-state index in [0.717, 1.165) is 0 Å². The predicted octanol–water partition coefficient (Wildman–Crippen LogP) is 1.10. The number of hydrogen-bond donors (Lipinski definition) is 2. The summed E-state index contributed by atoms with van der Waals surface area (Å²) in [6, 6.07) is 5.40. The lowest BCUT2D eigenvalue weighted by Crippen LogP contribution is -2.37. The molecule has 2 heterocycles. The molecule has 0 saturated carbocycles. The van der Waals surface area contributed by atoms with Gasteiger partial charge in [0.25, 0.3) is 0 Å². The summed E-state index contributed by atoms with van der Waals surface area (Å²) in [5.74, 6) is -1.21. The molecule has 0 spiro atoms. The molecular formula is C14H17FO5. The van der Waals surface area contributed by atoms with E-state index in [9.17, 15) is 14.6 Å². The average Bonchev–Trinajstić information content (AvgIpc) is 2.84. The first-order chi connectivity index (χ1) is 9.37. The maximum atomic E-state index is 12.9. The minimum Gasteiger partial charge on any atom is -0.387 e. The number of aliphatic hydroxyl groups excluding tert-OH is 2. The van der Waals surface area contributed by atoms with Crippen LogP contribution in [0.1, 0.15) is 25.5 Å². The predicted molar refractivity (Wildman–Crippen MR) is 66.1 cm³/mol. The second-order valence-corrected chi connectivity index (χ2v) is 5.56. The summed E-state index contributed by atoms with van der Waals surface area (Å²) in [6.07, 6.45) is -4.30. The van der Waals surface area contributed by atoms with Gasteiger partial charge in [-0.3, -0.25) is 0 Å². The van der Waals surface area contributed by atoms with E-state index in [4.69, 9.17) is 14.2 Å². The molecule has 2 aliphatic rings. The van der Waals surface area contributed by atoms with E-state index in [0.29, 0.717) is 5.56 Å². The van der Waals surface area contributed by atoms with Crippen LogP contribution in [0.4, 0.5) is 4.39 Å². The topological polar surface area (TPSA) is 68.2 Å². The largest absolute Gasteiger partial charge is 0.387 e. The molecule has 0 aliphatic carbocycles. The third-order valence-electron chi connectivity index (χ3n) is 3.58. The van der Waals surface area contributed by atoms with Crippen molar-refractivity contribution in [2.45, 2.75) is 50.3 Å². The van der Waals surface area contributed by atoms with Crippen LogP contribution in [0.3, 0.4) is 0 Å². The molecule has 110 valence electrons. The molecule has 1 aromatic rings. The van der Waals surface area contributed by atoms with Gasteiger partial charge in [0, 0.05) is 0 Å². The van der Waals surface area contributed by atoms with Gasteiger partial charge in [-0.2, -0.15) is 0 Å². The monoisotopic (exact) mass is 284 g/mol. The van der Waals surface area contributed by atoms with Gasteiger partial charge in [-0.25, -0.2) is 4.39 Å². The quantitative estimate of drug-likeness (QED) is 0.851. The van der Waals surface area contributed by atoms with E-state index in [1.54, 1.807) is 13.8 Å². The lowest BCUT2D eigenvalue weighted by atomic mass is 9.99. The van der Waals surface area contributed by atoms with Crippen LogP contribution in [0.25, 0.3) is 0 Å². The number of halogens is 1. The Morgan fingerprint density at radius 3 is 2.45 bits per heavy atom. The van der Waals surface area contributed by atoms with E-state index in [2.05, 4.69) is 0 Å². The van der Waals surface area contributed by atoms with Gasteiger partial charge in [0.05, 0.1) is 0 Å². The van der Waals surface area contributed by atoms with Gasteiger partial charge in [0.15, 0.2) is 12.1 Å². The van der Waals surface area contributed by atoms with Gasteiger partial charge in [-0.05, 0) is 31.5 Å². The Labute approximate surface area is 115 Å². The maximum Gasteiger partial charge on any atom is 0.190 e.